The van der Waals surface area contributed by atoms with Crippen LogP contribution in [0.25, 0.3) is 10.9 Å². The topological polar surface area (TPSA) is 78.6 Å². The van der Waals surface area contributed by atoms with E-state index in [-0.39, 0.29) is 11.4 Å². The lowest BCUT2D eigenvalue weighted by atomic mass is 10.1. The van der Waals surface area contributed by atoms with Gasteiger partial charge in [0.1, 0.15) is 17.2 Å². The van der Waals surface area contributed by atoms with Gasteiger partial charge in [0.15, 0.2) is 0 Å². The Labute approximate surface area is 173 Å². The van der Waals surface area contributed by atoms with Crippen molar-refractivity contribution in [2.24, 2.45) is 0 Å². The van der Waals surface area contributed by atoms with E-state index in [1.165, 1.54) is 11.1 Å². The van der Waals surface area contributed by atoms with Crippen LogP contribution in [0.2, 0.25) is 0 Å². The van der Waals surface area contributed by atoms with Crippen LogP contribution in [0.5, 0.6) is 0 Å². The molecule has 1 aromatic carbocycles. The minimum absolute atomic E-state index is 0.0457. The second-order valence-electron chi connectivity index (χ2n) is 8.08. The molecular weight excluding hydrogens is 387 g/mol. The van der Waals surface area contributed by atoms with E-state index in [0.717, 1.165) is 16.5 Å². The summed E-state index contributed by atoms with van der Waals surface area (Å²) in [4.78, 5) is 28.4. The molecule has 0 saturated heterocycles. The molecular formula is C21H27N4O3P. The highest BCUT2D eigenvalue weighted by Gasteiger charge is 2.23. The Morgan fingerprint density at radius 2 is 1.83 bits per heavy atom. The standard InChI is InChI=1S/C21H27N4O3P/c1-13-8-14-9-18(19(26)15(11-22)12-23(5)6)25(29)17(14)10-16(13)24(7)20(27)28-21(2,3)4/h8-10,12H,29H2,1-7H3/b15-12+. The van der Waals surface area contributed by atoms with E-state index >= 15 is 0 Å². The van der Waals surface area contributed by atoms with E-state index < -0.39 is 11.7 Å². The van der Waals surface area contributed by atoms with Gasteiger partial charge in [0, 0.05) is 32.7 Å². The van der Waals surface area contributed by atoms with Gasteiger partial charge in [0.2, 0.25) is 5.78 Å². The zero-order valence-corrected chi connectivity index (χ0v) is 19.1. The summed E-state index contributed by atoms with van der Waals surface area (Å²) in [5.74, 6) is -0.368. The van der Waals surface area contributed by atoms with Gasteiger partial charge < -0.3 is 14.0 Å². The maximum Gasteiger partial charge on any atom is 0.414 e. The molecule has 2 aromatic rings. The fraction of sp³-hybridized carbons (Fsp3) is 0.381. The minimum Gasteiger partial charge on any atom is -0.443 e. The van der Waals surface area contributed by atoms with E-state index in [2.05, 4.69) is 9.39 Å². The van der Waals surface area contributed by atoms with Crippen molar-refractivity contribution in [3.8, 4) is 6.07 Å². The molecule has 0 saturated carbocycles. The van der Waals surface area contributed by atoms with Crippen LogP contribution in [0.4, 0.5) is 10.5 Å². The van der Waals surface area contributed by atoms with Crippen molar-refractivity contribution in [1.82, 2.24) is 9.24 Å². The Morgan fingerprint density at radius 1 is 1.21 bits per heavy atom. The molecule has 1 unspecified atom stereocenters. The van der Waals surface area contributed by atoms with Crippen molar-refractivity contribution in [3.63, 3.8) is 0 Å². The summed E-state index contributed by atoms with van der Waals surface area (Å²) >= 11 is 0. The van der Waals surface area contributed by atoms with Crippen molar-refractivity contribution in [1.29, 1.82) is 5.26 Å². The normalized spacial score (nSPS) is 11.9. The quantitative estimate of drug-likeness (QED) is 0.326. The molecule has 29 heavy (non-hydrogen) atoms. The number of hydrogen-bond donors (Lipinski definition) is 0. The van der Waals surface area contributed by atoms with Crippen LogP contribution in [0.3, 0.4) is 0 Å². The number of fused-ring (bicyclic) bond motifs is 1. The lowest BCUT2D eigenvalue weighted by Gasteiger charge is -2.25. The van der Waals surface area contributed by atoms with Crippen molar-refractivity contribution >= 4 is 37.9 Å². The van der Waals surface area contributed by atoms with Crippen molar-refractivity contribution in [3.05, 3.63) is 41.2 Å². The third kappa shape index (κ3) is 4.96. The predicted molar refractivity (Wildman–Crippen MR) is 118 cm³/mol. The summed E-state index contributed by atoms with van der Waals surface area (Å²) in [7, 11) is 7.66. The molecule has 8 heteroatoms. The number of nitriles is 1. The summed E-state index contributed by atoms with van der Waals surface area (Å²) in [6, 6.07) is 7.45. The number of benzene rings is 1. The summed E-state index contributed by atoms with van der Waals surface area (Å²) in [6.07, 6.45) is 1.04. The first-order valence-electron chi connectivity index (χ1n) is 9.06. The summed E-state index contributed by atoms with van der Waals surface area (Å²) in [6.45, 7) is 7.33. The number of nitrogens with zero attached hydrogens (tertiary/aromatic N) is 4. The number of ketones is 1. The first-order valence-corrected chi connectivity index (χ1v) is 9.58. The number of allylic oxidation sites excluding steroid dienone is 1. The fourth-order valence-electron chi connectivity index (χ4n) is 2.88. The molecule has 2 rings (SSSR count). The van der Waals surface area contributed by atoms with Gasteiger partial charge in [-0.15, -0.1) is 0 Å². The Hall–Kier alpha value is -2.84. The second-order valence-corrected chi connectivity index (χ2v) is 8.60. The molecule has 1 amide bonds. The predicted octanol–water partition coefficient (Wildman–Crippen LogP) is 4.11. The number of aryl methyl sites for hydroxylation is 1. The van der Waals surface area contributed by atoms with Crippen molar-refractivity contribution < 1.29 is 14.3 Å². The Bertz CT molecular complexity index is 1040. The maximum absolute atomic E-state index is 12.8. The number of amides is 1. The lowest BCUT2D eigenvalue weighted by Crippen LogP contribution is -2.34. The average molecular weight is 414 g/mol. The first kappa shape index (κ1) is 22.4. The Balaban J connectivity index is 2.52. The van der Waals surface area contributed by atoms with E-state index in [9.17, 15) is 14.9 Å². The fourth-order valence-corrected chi connectivity index (χ4v) is 3.29. The summed E-state index contributed by atoms with van der Waals surface area (Å²) < 4.78 is 7.11. The number of Topliss-reactive ketones (excluding diaryl/α,β-unsaturated/α-hetero) is 1. The first-order chi connectivity index (χ1) is 13.4. The van der Waals surface area contributed by atoms with E-state index in [0.29, 0.717) is 11.4 Å². The monoisotopic (exact) mass is 414 g/mol. The van der Waals surface area contributed by atoms with E-state index in [1.807, 2.05) is 45.9 Å². The highest BCUT2D eigenvalue weighted by molar-refractivity contribution is 7.15. The van der Waals surface area contributed by atoms with Crippen LogP contribution in [-0.4, -0.2) is 47.9 Å². The zero-order valence-electron chi connectivity index (χ0n) is 17.9. The second kappa shape index (κ2) is 8.26. The highest BCUT2D eigenvalue weighted by atomic mass is 31.0. The molecule has 0 aliphatic heterocycles. The van der Waals surface area contributed by atoms with Crippen LogP contribution in [0, 0.1) is 18.3 Å². The van der Waals surface area contributed by atoms with Gasteiger partial charge in [-0.3, -0.25) is 9.69 Å². The number of ether oxygens (including phenoxy) is 1. The van der Waals surface area contributed by atoms with Gasteiger partial charge in [0.05, 0.1) is 16.9 Å². The minimum atomic E-state index is -0.601. The number of rotatable bonds is 4. The average Bonchev–Trinajstić information content (AvgIpc) is 2.91. The van der Waals surface area contributed by atoms with E-state index in [1.54, 1.807) is 36.4 Å². The molecule has 7 nitrogen and oxygen atoms in total. The summed E-state index contributed by atoms with van der Waals surface area (Å²) in [5.41, 5.74) is 2.11. The van der Waals surface area contributed by atoms with Crippen LogP contribution in [0.15, 0.2) is 30.0 Å². The third-order valence-electron chi connectivity index (χ3n) is 4.17. The highest BCUT2D eigenvalue weighted by Crippen LogP contribution is 2.31. The molecule has 0 N–H and O–H groups in total. The number of carbonyl (C=O) groups excluding carboxylic acids is 2. The SMILES string of the molecule is Cc1cc2cc(C(=O)/C(C#N)=C/N(C)C)n(P)c2cc1N(C)C(=O)OC(C)(C)C. The Morgan fingerprint density at radius 3 is 2.34 bits per heavy atom. The van der Waals surface area contributed by atoms with Gasteiger partial charge in [-0.05, 0) is 60.8 Å². The molecule has 1 aromatic heterocycles. The largest absolute Gasteiger partial charge is 0.443 e. The van der Waals surface area contributed by atoms with Crippen LogP contribution >= 0.6 is 9.39 Å². The molecule has 0 fully saturated rings. The number of aromatic nitrogens is 1. The molecule has 1 atom stereocenters. The van der Waals surface area contributed by atoms with Gasteiger partial charge in [-0.2, -0.15) is 5.26 Å². The van der Waals surface area contributed by atoms with Crippen LogP contribution in [-0.2, 0) is 4.74 Å². The van der Waals surface area contributed by atoms with Crippen molar-refractivity contribution in [2.45, 2.75) is 33.3 Å². The van der Waals surface area contributed by atoms with Gasteiger partial charge in [0.25, 0.3) is 0 Å². The van der Waals surface area contributed by atoms with E-state index in [4.69, 9.17) is 4.74 Å². The molecule has 0 radical (unpaired) electrons. The van der Waals surface area contributed by atoms with Gasteiger partial charge in [-0.1, -0.05) is 0 Å². The van der Waals surface area contributed by atoms with Crippen LogP contribution in [0.1, 0.15) is 36.8 Å². The maximum atomic E-state index is 12.8. The van der Waals surface area contributed by atoms with Crippen LogP contribution < -0.4 is 4.90 Å². The molecule has 154 valence electrons. The lowest BCUT2D eigenvalue weighted by molar-refractivity contribution is 0.0589. The van der Waals surface area contributed by atoms with Gasteiger partial charge >= 0.3 is 6.09 Å². The Kier molecular flexibility index (Phi) is 6.40. The third-order valence-corrected chi connectivity index (χ3v) is 4.73. The van der Waals surface area contributed by atoms with Crippen molar-refractivity contribution in [2.75, 3.05) is 26.0 Å². The molecule has 0 aliphatic rings. The number of carbonyl (C=O) groups is 2. The van der Waals surface area contributed by atoms with Gasteiger partial charge in [-0.25, -0.2) is 4.79 Å². The summed E-state index contributed by atoms with van der Waals surface area (Å²) in [5, 5.41) is 10.2. The molecule has 0 bridgehead atoms. The number of hydrogen-bond acceptors (Lipinski definition) is 5. The number of anilines is 1. The molecule has 0 spiro atoms. The zero-order chi connectivity index (χ0) is 22.1. The molecule has 1 heterocycles. The molecule has 0 aliphatic carbocycles. The smallest absolute Gasteiger partial charge is 0.414 e.